The van der Waals surface area contributed by atoms with Crippen LogP contribution in [0.15, 0.2) is 42.6 Å². The topological polar surface area (TPSA) is 56.8 Å². The van der Waals surface area contributed by atoms with Crippen LogP contribution in [0.5, 0.6) is 0 Å². The van der Waals surface area contributed by atoms with Crippen molar-refractivity contribution in [3.63, 3.8) is 0 Å². The molecule has 28 heavy (non-hydrogen) atoms. The lowest BCUT2D eigenvalue weighted by atomic mass is 10.1. The van der Waals surface area contributed by atoms with E-state index in [1.165, 1.54) is 0 Å². The zero-order valence-corrected chi connectivity index (χ0v) is 17.1. The van der Waals surface area contributed by atoms with E-state index in [-0.39, 0.29) is 17.9 Å². The van der Waals surface area contributed by atoms with Crippen LogP contribution in [0.1, 0.15) is 34.1 Å². The van der Waals surface area contributed by atoms with E-state index < -0.39 is 0 Å². The van der Waals surface area contributed by atoms with Gasteiger partial charge in [-0.2, -0.15) is 0 Å². The van der Waals surface area contributed by atoms with Gasteiger partial charge in [-0.25, -0.2) is 0 Å². The molecular formula is C22H28N4O2. The molecule has 2 aromatic rings. The van der Waals surface area contributed by atoms with Gasteiger partial charge in [-0.15, -0.1) is 0 Å². The van der Waals surface area contributed by atoms with E-state index >= 15 is 0 Å². The zero-order valence-electron chi connectivity index (χ0n) is 17.1. The summed E-state index contributed by atoms with van der Waals surface area (Å²) in [5.41, 5.74) is 2.83. The highest BCUT2D eigenvalue weighted by Gasteiger charge is 2.27. The third-order valence-corrected chi connectivity index (χ3v) is 5.47. The number of hydrogen-bond acceptors (Lipinski definition) is 4. The summed E-state index contributed by atoms with van der Waals surface area (Å²) in [6.07, 6.45) is 2.60. The van der Waals surface area contributed by atoms with Crippen LogP contribution in [0.2, 0.25) is 0 Å². The molecule has 1 aromatic carbocycles. The van der Waals surface area contributed by atoms with Crippen LogP contribution in [0.4, 0.5) is 0 Å². The minimum absolute atomic E-state index is 0.0264. The minimum atomic E-state index is -0.0476. The van der Waals surface area contributed by atoms with Crippen molar-refractivity contribution in [3.05, 3.63) is 53.7 Å². The first-order valence-electron chi connectivity index (χ1n) is 9.68. The summed E-state index contributed by atoms with van der Waals surface area (Å²) >= 11 is 0. The summed E-state index contributed by atoms with van der Waals surface area (Å²) in [6.45, 7) is 4.51. The smallest absolute Gasteiger partial charge is 0.255 e. The average Bonchev–Trinajstić information content (AvgIpc) is 3.18. The van der Waals surface area contributed by atoms with Gasteiger partial charge >= 0.3 is 0 Å². The van der Waals surface area contributed by atoms with Crippen molar-refractivity contribution in [1.82, 2.24) is 19.7 Å². The van der Waals surface area contributed by atoms with Crippen LogP contribution in [-0.2, 0) is 0 Å². The molecule has 1 aromatic heterocycles. The number of carbonyl (C=O) groups excluding carboxylic acids is 2. The minimum Gasteiger partial charge on any atom is -0.342 e. The normalized spacial score (nSPS) is 16.8. The third-order valence-electron chi connectivity index (χ3n) is 5.47. The molecule has 1 aliphatic rings. The summed E-state index contributed by atoms with van der Waals surface area (Å²) in [5.74, 6) is -0.0212. The van der Waals surface area contributed by atoms with Gasteiger partial charge in [0.1, 0.15) is 0 Å². The third kappa shape index (κ3) is 4.22. The highest BCUT2D eigenvalue weighted by Crippen LogP contribution is 2.21. The number of benzene rings is 1. The summed E-state index contributed by atoms with van der Waals surface area (Å²) in [5, 5.41) is 0. The molecule has 0 N–H and O–H groups in total. The van der Waals surface area contributed by atoms with E-state index in [1.807, 2.05) is 49.2 Å². The predicted octanol–water partition coefficient (Wildman–Crippen LogP) is 2.62. The second kappa shape index (κ2) is 8.52. The maximum Gasteiger partial charge on any atom is 0.255 e. The van der Waals surface area contributed by atoms with Gasteiger partial charge in [-0.05, 0) is 51.2 Å². The molecule has 1 fully saturated rings. The molecule has 3 rings (SSSR count). The molecule has 1 unspecified atom stereocenters. The van der Waals surface area contributed by atoms with Gasteiger partial charge in [-0.3, -0.25) is 14.6 Å². The Labute approximate surface area is 166 Å². The highest BCUT2D eigenvalue weighted by molar-refractivity contribution is 5.96. The fourth-order valence-electron chi connectivity index (χ4n) is 3.46. The predicted molar refractivity (Wildman–Crippen MR) is 110 cm³/mol. The van der Waals surface area contributed by atoms with Crippen molar-refractivity contribution in [2.75, 3.05) is 40.8 Å². The summed E-state index contributed by atoms with van der Waals surface area (Å²) < 4.78 is 0. The number of rotatable bonds is 5. The summed E-state index contributed by atoms with van der Waals surface area (Å²) in [7, 11) is 5.73. The fraction of sp³-hybridized carbons (Fsp3) is 0.409. The van der Waals surface area contributed by atoms with E-state index in [0.29, 0.717) is 17.7 Å². The van der Waals surface area contributed by atoms with E-state index in [4.69, 9.17) is 0 Å². The Kier molecular flexibility index (Phi) is 6.09. The van der Waals surface area contributed by atoms with Crippen LogP contribution in [0, 0.1) is 0 Å². The molecule has 1 saturated heterocycles. The molecule has 0 saturated carbocycles. The standard InChI is InChI=1S/C22H28N4O2/c1-5-25(3)21(27)18-9-10-20(23-14-18)16-7-6-8-17(13-16)22(28)26(4)19-11-12-24(2)15-19/h6-10,13-14,19H,5,11-12,15H2,1-4H3. The molecule has 148 valence electrons. The van der Waals surface area contributed by atoms with Crippen LogP contribution < -0.4 is 0 Å². The fourth-order valence-corrected chi connectivity index (χ4v) is 3.46. The van der Waals surface area contributed by atoms with Crippen molar-refractivity contribution in [3.8, 4) is 11.3 Å². The van der Waals surface area contributed by atoms with Gasteiger partial charge in [0.25, 0.3) is 11.8 Å². The monoisotopic (exact) mass is 380 g/mol. The van der Waals surface area contributed by atoms with Gasteiger partial charge < -0.3 is 14.7 Å². The number of amides is 2. The molecule has 2 heterocycles. The Morgan fingerprint density at radius 2 is 1.93 bits per heavy atom. The number of hydrogen-bond donors (Lipinski definition) is 0. The summed E-state index contributed by atoms with van der Waals surface area (Å²) in [6, 6.07) is 11.4. The van der Waals surface area contributed by atoms with Gasteiger partial charge in [-0.1, -0.05) is 12.1 Å². The van der Waals surface area contributed by atoms with Gasteiger partial charge in [0.15, 0.2) is 0 Å². The summed E-state index contributed by atoms with van der Waals surface area (Å²) in [4.78, 5) is 35.3. The highest BCUT2D eigenvalue weighted by atomic mass is 16.2. The number of aromatic nitrogens is 1. The molecule has 0 radical (unpaired) electrons. The van der Waals surface area contributed by atoms with Crippen LogP contribution >= 0.6 is 0 Å². The van der Waals surface area contributed by atoms with Gasteiger partial charge in [0.2, 0.25) is 0 Å². The molecular weight excluding hydrogens is 352 g/mol. The molecule has 1 aliphatic heterocycles. The van der Waals surface area contributed by atoms with Crippen molar-refractivity contribution >= 4 is 11.8 Å². The van der Waals surface area contributed by atoms with Crippen molar-refractivity contribution in [2.45, 2.75) is 19.4 Å². The molecule has 2 amide bonds. The Bertz CT molecular complexity index is 850. The van der Waals surface area contributed by atoms with Crippen LogP contribution in [0.3, 0.4) is 0 Å². The van der Waals surface area contributed by atoms with E-state index in [1.54, 1.807) is 24.2 Å². The first kappa shape index (κ1) is 20.0. The molecule has 0 aliphatic carbocycles. The molecule has 6 heteroatoms. The molecule has 1 atom stereocenters. The number of likely N-dealkylation sites (tertiary alicyclic amines) is 1. The first-order valence-corrected chi connectivity index (χ1v) is 9.68. The molecule has 0 bridgehead atoms. The lowest BCUT2D eigenvalue weighted by molar-refractivity contribution is 0.0737. The number of likely N-dealkylation sites (N-methyl/N-ethyl adjacent to an activating group) is 2. The zero-order chi connectivity index (χ0) is 20.3. The second-order valence-electron chi connectivity index (χ2n) is 7.45. The maximum atomic E-state index is 12.9. The van der Waals surface area contributed by atoms with Crippen molar-refractivity contribution in [2.24, 2.45) is 0 Å². The van der Waals surface area contributed by atoms with Crippen molar-refractivity contribution in [1.29, 1.82) is 0 Å². The maximum absolute atomic E-state index is 12.9. The van der Waals surface area contributed by atoms with Gasteiger partial charge in [0.05, 0.1) is 11.3 Å². The van der Waals surface area contributed by atoms with E-state index in [9.17, 15) is 9.59 Å². The number of pyridine rings is 1. The number of nitrogens with zero attached hydrogens (tertiary/aromatic N) is 4. The van der Waals surface area contributed by atoms with E-state index in [0.717, 1.165) is 30.8 Å². The average molecular weight is 380 g/mol. The van der Waals surface area contributed by atoms with E-state index in [2.05, 4.69) is 16.9 Å². The second-order valence-corrected chi connectivity index (χ2v) is 7.45. The quantitative estimate of drug-likeness (QED) is 0.800. The SMILES string of the molecule is CCN(C)C(=O)c1ccc(-c2cccc(C(=O)N(C)C3CCN(C)C3)c2)nc1. The van der Waals surface area contributed by atoms with Crippen molar-refractivity contribution < 1.29 is 9.59 Å². The first-order chi connectivity index (χ1) is 13.4. The molecule has 6 nitrogen and oxygen atoms in total. The van der Waals surface area contributed by atoms with Crippen LogP contribution in [-0.4, -0.2) is 78.3 Å². The lowest BCUT2D eigenvalue weighted by Gasteiger charge is -2.24. The Hall–Kier alpha value is -2.73. The Morgan fingerprint density at radius 3 is 2.54 bits per heavy atom. The Balaban J connectivity index is 1.77. The van der Waals surface area contributed by atoms with Crippen LogP contribution in [0.25, 0.3) is 11.3 Å². The Morgan fingerprint density at radius 1 is 1.14 bits per heavy atom. The molecule has 0 spiro atoms. The lowest BCUT2D eigenvalue weighted by Crippen LogP contribution is -2.38. The van der Waals surface area contributed by atoms with Gasteiger partial charge in [0, 0.05) is 50.6 Å². The largest absolute Gasteiger partial charge is 0.342 e. The number of carbonyl (C=O) groups is 2.